The van der Waals surface area contributed by atoms with Gasteiger partial charge in [-0.25, -0.2) is 0 Å². The van der Waals surface area contributed by atoms with E-state index in [-0.39, 0.29) is 17.1 Å². The van der Waals surface area contributed by atoms with Crippen molar-refractivity contribution >= 4 is 0 Å². The van der Waals surface area contributed by atoms with E-state index in [1.165, 1.54) is 38.5 Å². The van der Waals surface area contributed by atoms with Crippen LogP contribution in [0.5, 0.6) is 0 Å². The van der Waals surface area contributed by atoms with Crippen molar-refractivity contribution in [2.24, 2.45) is 0 Å². The molecule has 0 fully saturated rings. The van der Waals surface area contributed by atoms with Crippen LogP contribution in [0.15, 0.2) is 12.7 Å². The van der Waals surface area contributed by atoms with Gasteiger partial charge in [-0.15, -0.1) is 0 Å². The molecule has 0 aliphatic heterocycles. The van der Waals surface area contributed by atoms with Gasteiger partial charge in [-0.2, -0.15) is 0 Å². The van der Waals surface area contributed by atoms with Crippen molar-refractivity contribution in [3.63, 3.8) is 0 Å². The van der Waals surface area contributed by atoms with E-state index >= 15 is 0 Å². The Morgan fingerprint density at radius 3 is 2.31 bits per heavy atom. The standard InChI is InChI=1S/C9H17.C3H7.Zn/c1-3-5-7-9-8-6-4-2;1-3-2;/h3H,1-2,4-9H2;3H,1-2H3;. The van der Waals surface area contributed by atoms with Crippen molar-refractivity contribution in [3.05, 3.63) is 12.7 Å². The molecule has 13 heavy (non-hydrogen) atoms. The summed E-state index contributed by atoms with van der Waals surface area (Å²) in [4.78, 5) is 0. The van der Waals surface area contributed by atoms with Crippen molar-refractivity contribution in [3.8, 4) is 0 Å². The fourth-order valence-corrected chi connectivity index (χ4v) is 4.61. The molecule has 0 atom stereocenters. The summed E-state index contributed by atoms with van der Waals surface area (Å²) in [5.41, 5.74) is 0. The molecule has 0 aromatic heterocycles. The summed E-state index contributed by atoms with van der Waals surface area (Å²) in [7, 11) is 0. The van der Waals surface area contributed by atoms with Gasteiger partial charge < -0.3 is 0 Å². The fraction of sp³-hybridized carbons (Fsp3) is 0.833. The van der Waals surface area contributed by atoms with Crippen molar-refractivity contribution in [2.75, 3.05) is 0 Å². The molecule has 0 bridgehead atoms. The zero-order valence-corrected chi connectivity index (χ0v) is 12.5. The number of hydrogen-bond donors (Lipinski definition) is 0. The monoisotopic (exact) mass is 232 g/mol. The molecule has 0 rings (SSSR count). The van der Waals surface area contributed by atoms with E-state index in [0.717, 1.165) is 4.51 Å². The molecule has 0 amide bonds. The summed E-state index contributed by atoms with van der Waals surface area (Å²) in [5, 5.41) is 1.62. The molecule has 0 heterocycles. The first-order valence-corrected chi connectivity index (χ1v) is 9.69. The zero-order chi connectivity index (χ0) is 9.94. The minimum absolute atomic E-state index is 0.107. The zero-order valence-electron chi connectivity index (χ0n) is 9.52. The Balaban J connectivity index is 2.87. The molecule has 0 N–H and O–H groups in total. The second kappa shape index (κ2) is 10.4. The number of unbranched alkanes of at least 4 members (excludes halogenated alkanes) is 5. The molecular formula is C12H24Zn. The SMILES string of the molecule is C=CCCCCCC[CH2][Zn][CH](C)C. The van der Waals surface area contributed by atoms with Gasteiger partial charge in [-0.3, -0.25) is 0 Å². The number of allylic oxidation sites excluding steroid dienone is 1. The van der Waals surface area contributed by atoms with E-state index < -0.39 is 0 Å². The van der Waals surface area contributed by atoms with Crippen LogP contribution in [0.25, 0.3) is 0 Å². The Kier molecular flexibility index (Phi) is 10.7. The van der Waals surface area contributed by atoms with Crippen LogP contribution in [0.1, 0.15) is 52.4 Å². The van der Waals surface area contributed by atoms with E-state index in [4.69, 9.17) is 0 Å². The molecule has 0 spiro atoms. The molecule has 0 unspecified atom stereocenters. The van der Waals surface area contributed by atoms with Crippen molar-refractivity contribution in [1.82, 2.24) is 0 Å². The summed E-state index contributed by atoms with van der Waals surface area (Å²) in [6, 6.07) is 0. The summed E-state index contributed by atoms with van der Waals surface area (Å²) in [5.74, 6) is 0. The van der Waals surface area contributed by atoms with E-state index in [0.29, 0.717) is 0 Å². The van der Waals surface area contributed by atoms with Crippen LogP contribution in [-0.2, 0) is 17.1 Å². The third kappa shape index (κ3) is 12.4. The van der Waals surface area contributed by atoms with Gasteiger partial charge in [0.25, 0.3) is 0 Å². The third-order valence-corrected chi connectivity index (χ3v) is 6.77. The quantitative estimate of drug-likeness (QED) is 0.304. The van der Waals surface area contributed by atoms with Gasteiger partial charge in [0, 0.05) is 0 Å². The molecule has 0 aromatic rings. The Morgan fingerprint density at radius 2 is 1.69 bits per heavy atom. The van der Waals surface area contributed by atoms with Crippen molar-refractivity contribution < 1.29 is 17.1 Å². The molecule has 1 heteroatoms. The first-order valence-electron chi connectivity index (χ1n) is 5.88. The molecule has 0 nitrogen and oxygen atoms in total. The average molecular weight is 234 g/mol. The second-order valence-corrected chi connectivity index (χ2v) is 10.5. The fourth-order valence-electron chi connectivity index (χ4n) is 1.55. The van der Waals surface area contributed by atoms with Gasteiger partial charge in [0.2, 0.25) is 0 Å². The Hall–Kier alpha value is 0.363. The third-order valence-electron chi connectivity index (χ3n) is 2.44. The molecule has 0 aliphatic carbocycles. The van der Waals surface area contributed by atoms with Crippen LogP contribution >= 0.6 is 0 Å². The summed E-state index contributed by atoms with van der Waals surface area (Å²) >= 11 is -0.107. The first kappa shape index (κ1) is 13.4. The second-order valence-electron chi connectivity index (χ2n) is 4.38. The van der Waals surface area contributed by atoms with Gasteiger partial charge in [-0.1, -0.05) is 0 Å². The van der Waals surface area contributed by atoms with Crippen LogP contribution in [0.4, 0.5) is 0 Å². The number of rotatable bonds is 9. The van der Waals surface area contributed by atoms with Crippen LogP contribution in [0.3, 0.4) is 0 Å². The average Bonchev–Trinajstić information content (AvgIpc) is 2.09. The maximum atomic E-state index is 3.73. The predicted octanol–water partition coefficient (Wildman–Crippen LogP) is 4.84. The van der Waals surface area contributed by atoms with Crippen molar-refractivity contribution in [2.45, 2.75) is 61.9 Å². The summed E-state index contributed by atoms with van der Waals surface area (Å²) < 4.78 is 1.08. The topological polar surface area (TPSA) is 0 Å². The molecule has 0 saturated carbocycles. The normalized spacial score (nSPS) is 10.1. The predicted molar refractivity (Wildman–Crippen MR) is 57.8 cm³/mol. The van der Waals surface area contributed by atoms with E-state index in [1.807, 2.05) is 6.08 Å². The molecule has 0 aromatic carbocycles. The minimum atomic E-state index is -0.107. The molecule has 0 saturated heterocycles. The van der Waals surface area contributed by atoms with Crippen LogP contribution in [-0.4, -0.2) is 0 Å². The first-order chi connectivity index (χ1) is 6.27. The Bertz CT molecular complexity index is 108. The van der Waals surface area contributed by atoms with E-state index in [1.54, 1.807) is 5.02 Å². The van der Waals surface area contributed by atoms with Gasteiger partial charge in [-0.05, 0) is 0 Å². The van der Waals surface area contributed by atoms with Gasteiger partial charge in [0.05, 0.1) is 0 Å². The molecule has 0 aliphatic rings. The van der Waals surface area contributed by atoms with E-state index in [2.05, 4.69) is 20.4 Å². The summed E-state index contributed by atoms with van der Waals surface area (Å²) in [6.45, 7) is 8.52. The van der Waals surface area contributed by atoms with Crippen LogP contribution in [0, 0.1) is 0 Å². The molecule has 0 radical (unpaired) electrons. The van der Waals surface area contributed by atoms with Crippen LogP contribution in [0.2, 0.25) is 9.53 Å². The molecule has 74 valence electrons. The summed E-state index contributed by atoms with van der Waals surface area (Å²) in [6.07, 6.45) is 10.5. The van der Waals surface area contributed by atoms with Gasteiger partial charge in [0.1, 0.15) is 0 Å². The Labute approximate surface area is 91.8 Å². The van der Waals surface area contributed by atoms with Crippen molar-refractivity contribution in [1.29, 1.82) is 0 Å². The Morgan fingerprint density at radius 1 is 1.08 bits per heavy atom. The van der Waals surface area contributed by atoms with E-state index in [9.17, 15) is 0 Å². The van der Waals surface area contributed by atoms with Gasteiger partial charge in [0.15, 0.2) is 0 Å². The van der Waals surface area contributed by atoms with Gasteiger partial charge >= 0.3 is 91.7 Å². The van der Waals surface area contributed by atoms with Crippen LogP contribution < -0.4 is 0 Å². The number of hydrogen-bond acceptors (Lipinski definition) is 0. The molecular weight excluding hydrogens is 210 g/mol. The maximum absolute atomic E-state index is 3.73.